The predicted octanol–water partition coefficient (Wildman–Crippen LogP) is 3.46. The lowest BCUT2D eigenvalue weighted by Crippen LogP contribution is -2.48. The van der Waals surface area contributed by atoms with Gasteiger partial charge in [-0.05, 0) is 36.2 Å². The molecule has 2 heterocycles. The SMILES string of the molecule is COc1ccc(OC)c(CN2CCN(C(=O)CCc3c[nH]c4ccccc34)CC2)c1. The Morgan fingerprint density at radius 2 is 1.80 bits per heavy atom. The van der Waals surface area contributed by atoms with Gasteiger partial charge >= 0.3 is 0 Å². The Bertz CT molecular complexity index is 1010. The van der Waals surface area contributed by atoms with Crippen LogP contribution in [0.15, 0.2) is 48.7 Å². The first kappa shape index (κ1) is 20.3. The van der Waals surface area contributed by atoms with Crippen molar-refractivity contribution in [1.82, 2.24) is 14.8 Å². The minimum Gasteiger partial charge on any atom is -0.497 e. The van der Waals surface area contributed by atoms with Crippen LogP contribution >= 0.6 is 0 Å². The zero-order valence-electron chi connectivity index (χ0n) is 17.7. The summed E-state index contributed by atoms with van der Waals surface area (Å²) < 4.78 is 10.8. The van der Waals surface area contributed by atoms with E-state index >= 15 is 0 Å². The molecule has 1 aliphatic heterocycles. The summed E-state index contributed by atoms with van der Waals surface area (Å²) in [6.07, 6.45) is 3.34. The molecule has 3 aromatic rings. The van der Waals surface area contributed by atoms with Gasteiger partial charge in [0.15, 0.2) is 0 Å². The van der Waals surface area contributed by atoms with Crippen LogP contribution in [0.2, 0.25) is 0 Å². The number of hydrogen-bond donors (Lipinski definition) is 1. The molecule has 2 aromatic carbocycles. The average molecular weight is 408 g/mol. The number of H-pyrrole nitrogens is 1. The summed E-state index contributed by atoms with van der Waals surface area (Å²) in [7, 11) is 3.36. The van der Waals surface area contributed by atoms with E-state index in [-0.39, 0.29) is 5.91 Å². The molecule has 1 aromatic heterocycles. The van der Waals surface area contributed by atoms with Crippen molar-refractivity contribution in [3.05, 3.63) is 59.8 Å². The minimum absolute atomic E-state index is 0.235. The number of carbonyl (C=O) groups excluding carboxylic acids is 1. The van der Waals surface area contributed by atoms with Crippen LogP contribution in [0, 0.1) is 0 Å². The van der Waals surface area contributed by atoms with Crippen LogP contribution < -0.4 is 9.47 Å². The highest BCUT2D eigenvalue weighted by Crippen LogP contribution is 2.26. The van der Waals surface area contributed by atoms with Crippen LogP contribution in [0.1, 0.15) is 17.5 Å². The maximum Gasteiger partial charge on any atom is 0.222 e. The smallest absolute Gasteiger partial charge is 0.222 e. The van der Waals surface area contributed by atoms with Crippen molar-refractivity contribution < 1.29 is 14.3 Å². The first-order valence-corrected chi connectivity index (χ1v) is 10.4. The van der Waals surface area contributed by atoms with E-state index in [1.807, 2.05) is 41.4 Å². The van der Waals surface area contributed by atoms with Gasteiger partial charge < -0.3 is 19.4 Å². The first-order valence-electron chi connectivity index (χ1n) is 10.4. The van der Waals surface area contributed by atoms with Crippen LogP contribution in [0.3, 0.4) is 0 Å². The molecule has 0 aliphatic carbocycles. The summed E-state index contributed by atoms with van der Waals surface area (Å²) >= 11 is 0. The molecule has 4 rings (SSSR count). The Morgan fingerprint density at radius 3 is 2.57 bits per heavy atom. The minimum atomic E-state index is 0.235. The van der Waals surface area contributed by atoms with Gasteiger partial charge in [-0.2, -0.15) is 0 Å². The lowest BCUT2D eigenvalue weighted by Gasteiger charge is -2.35. The quantitative estimate of drug-likeness (QED) is 0.652. The van der Waals surface area contributed by atoms with Crippen LogP contribution in [-0.4, -0.2) is 61.1 Å². The molecule has 30 heavy (non-hydrogen) atoms. The third-order valence-corrected chi connectivity index (χ3v) is 5.89. The molecule has 1 fully saturated rings. The van der Waals surface area contributed by atoms with Crippen molar-refractivity contribution in [1.29, 1.82) is 0 Å². The van der Waals surface area contributed by atoms with Gasteiger partial charge in [0, 0.05) is 61.8 Å². The number of ether oxygens (including phenoxy) is 2. The number of nitrogens with zero attached hydrogens (tertiary/aromatic N) is 2. The largest absolute Gasteiger partial charge is 0.497 e. The number of benzene rings is 2. The number of amides is 1. The maximum atomic E-state index is 12.7. The lowest BCUT2D eigenvalue weighted by molar-refractivity contribution is -0.133. The predicted molar refractivity (Wildman–Crippen MR) is 118 cm³/mol. The third-order valence-electron chi connectivity index (χ3n) is 5.89. The van der Waals surface area contributed by atoms with Gasteiger partial charge in [0.05, 0.1) is 14.2 Å². The van der Waals surface area contributed by atoms with E-state index in [1.165, 1.54) is 10.9 Å². The van der Waals surface area contributed by atoms with Gasteiger partial charge in [-0.3, -0.25) is 9.69 Å². The second-order valence-electron chi connectivity index (χ2n) is 7.69. The summed E-state index contributed by atoms with van der Waals surface area (Å²) in [5, 5.41) is 1.21. The van der Waals surface area contributed by atoms with E-state index in [1.54, 1.807) is 14.2 Å². The maximum absolute atomic E-state index is 12.7. The zero-order valence-corrected chi connectivity index (χ0v) is 17.7. The number of rotatable bonds is 7. The Labute approximate surface area is 177 Å². The average Bonchev–Trinajstić information content (AvgIpc) is 3.21. The van der Waals surface area contributed by atoms with E-state index in [4.69, 9.17) is 9.47 Å². The molecule has 0 atom stereocenters. The van der Waals surface area contributed by atoms with Crippen molar-refractivity contribution in [3.8, 4) is 11.5 Å². The molecule has 0 saturated carbocycles. The standard InChI is InChI=1S/C24H29N3O3/c1-29-20-8-9-23(30-2)19(15-20)17-26-11-13-27(14-12-26)24(28)10-7-18-16-25-22-6-4-3-5-21(18)22/h3-6,8-9,15-16,25H,7,10-14,17H2,1-2H3. The molecular formula is C24H29N3O3. The number of hydrogen-bond acceptors (Lipinski definition) is 4. The lowest BCUT2D eigenvalue weighted by atomic mass is 10.1. The number of aromatic nitrogens is 1. The molecule has 0 bridgehead atoms. The van der Waals surface area contributed by atoms with Crippen LogP contribution in [0.4, 0.5) is 0 Å². The van der Waals surface area contributed by atoms with E-state index in [9.17, 15) is 4.79 Å². The van der Waals surface area contributed by atoms with E-state index in [0.717, 1.165) is 61.7 Å². The molecule has 1 saturated heterocycles. The number of carbonyl (C=O) groups is 1. The normalized spacial score (nSPS) is 14.8. The second kappa shape index (κ2) is 9.22. The highest BCUT2D eigenvalue weighted by Gasteiger charge is 2.22. The second-order valence-corrected chi connectivity index (χ2v) is 7.69. The first-order chi connectivity index (χ1) is 14.7. The number of aromatic amines is 1. The highest BCUT2D eigenvalue weighted by atomic mass is 16.5. The molecular weight excluding hydrogens is 378 g/mol. The fourth-order valence-corrected chi connectivity index (χ4v) is 4.14. The van der Waals surface area contributed by atoms with Crippen LogP contribution in [-0.2, 0) is 17.8 Å². The number of methoxy groups -OCH3 is 2. The van der Waals surface area contributed by atoms with E-state index in [0.29, 0.717) is 6.42 Å². The van der Waals surface area contributed by atoms with Gasteiger partial charge in [-0.1, -0.05) is 18.2 Å². The summed E-state index contributed by atoms with van der Waals surface area (Å²) in [6, 6.07) is 14.1. The highest BCUT2D eigenvalue weighted by molar-refractivity contribution is 5.84. The molecule has 1 amide bonds. The fraction of sp³-hybridized carbons (Fsp3) is 0.375. The summed E-state index contributed by atoms with van der Waals surface area (Å²) in [6.45, 7) is 4.04. The topological polar surface area (TPSA) is 57.8 Å². The number of aryl methyl sites for hydroxylation is 1. The number of nitrogens with one attached hydrogen (secondary N) is 1. The Kier molecular flexibility index (Phi) is 6.23. The summed E-state index contributed by atoms with van der Waals surface area (Å²) in [4.78, 5) is 20.4. The van der Waals surface area contributed by atoms with E-state index < -0.39 is 0 Å². The molecule has 6 nitrogen and oxygen atoms in total. The third kappa shape index (κ3) is 4.44. The number of para-hydroxylation sites is 1. The van der Waals surface area contributed by atoms with Crippen LogP contribution in [0.5, 0.6) is 11.5 Å². The molecule has 1 aliphatic rings. The summed E-state index contributed by atoms with van der Waals surface area (Å²) in [5.74, 6) is 1.93. The van der Waals surface area contributed by atoms with Crippen molar-refractivity contribution in [2.24, 2.45) is 0 Å². The molecule has 0 radical (unpaired) electrons. The zero-order chi connectivity index (χ0) is 20.9. The fourth-order valence-electron chi connectivity index (χ4n) is 4.14. The van der Waals surface area contributed by atoms with Gasteiger partial charge in [0.2, 0.25) is 5.91 Å². The van der Waals surface area contributed by atoms with Gasteiger partial charge in [0.25, 0.3) is 0 Å². The van der Waals surface area contributed by atoms with Crippen molar-refractivity contribution in [3.63, 3.8) is 0 Å². The van der Waals surface area contributed by atoms with Crippen molar-refractivity contribution in [2.75, 3.05) is 40.4 Å². The van der Waals surface area contributed by atoms with Crippen LogP contribution in [0.25, 0.3) is 10.9 Å². The molecule has 0 spiro atoms. The van der Waals surface area contributed by atoms with Crippen molar-refractivity contribution in [2.45, 2.75) is 19.4 Å². The Balaban J connectivity index is 1.29. The number of fused-ring (bicyclic) bond motifs is 1. The van der Waals surface area contributed by atoms with Gasteiger partial charge in [-0.25, -0.2) is 0 Å². The Morgan fingerprint density at radius 1 is 1.00 bits per heavy atom. The van der Waals surface area contributed by atoms with E-state index in [2.05, 4.69) is 22.0 Å². The summed E-state index contributed by atoms with van der Waals surface area (Å²) in [5.41, 5.74) is 3.44. The monoisotopic (exact) mass is 407 g/mol. The van der Waals surface area contributed by atoms with Crippen molar-refractivity contribution >= 4 is 16.8 Å². The molecule has 6 heteroatoms. The van der Waals surface area contributed by atoms with Gasteiger partial charge in [-0.15, -0.1) is 0 Å². The molecule has 0 unspecified atom stereocenters. The number of piperazine rings is 1. The Hall–Kier alpha value is -2.99. The molecule has 1 N–H and O–H groups in total. The van der Waals surface area contributed by atoms with Gasteiger partial charge in [0.1, 0.15) is 11.5 Å². The molecule has 158 valence electrons.